The van der Waals surface area contributed by atoms with Gasteiger partial charge in [-0.3, -0.25) is 4.79 Å². The monoisotopic (exact) mass is 257 g/mol. The summed E-state index contributed by atoms with van der Waals surface area (Å²) in [5.41, 5.74) is 8.18. The van der Waals surface area contributed by atoms with Gasteiger partial charge in [-0.05, 0) is 37.8 Å². The SMILES string of the molecule is CC1(NC(=O)[C@H](N)Cc2c[nH]c3ccccc23)CC1. The average molecular weight is 257 g/mol. The van der Waals surface area contributed by atoms with E-state index in [0.29, 0.717) is 6.42 Å². The first-order chi connectivity index (χ1) is 9.07. The van der Waals surface area contributed by atoms with Gasteiger partial charge in [-0.15, -0.1) is 0 Å². The van der Waals surface area contributed by atoms with Crippen molar-refractivity contribution in [1.29, 1.82) is 0 Å². The van der Waals surface area contributed by atoms with Crippen molar-refractivity contribution in [2.45, 2.75) is 37.8 Å². The summed E-state index contributed by atoms with van der Waals surface area (Å²) in [6, 6.07) is 7.57. The van der Waals surface area contributed by atoms with Crippen LogP contribution in [0, 0.1) is 0 Å². The number of amides is 1. The molecule has 0 aliphatic heterocycles. The van der Waals surface area contributed by atoms with Crippen molar-refractivity contribution >= 4 is 16.8 Å². The van der Waals surface area contributed by atoms with E-state index in [1.54, 1.807) is 0 Å². The van der Waals surface area contributed by atoms with Crippen molar-refractivity contribution in [3.63, 3.8) is 0 Å². The molecular weight excluding hydrogens is 238 g/mol. The largest absolute Gasteiger partial charge is 0.361 e. The lowest BCUT2D eigenvalue weighted by Gasteiger charge is -2.16. The Kier molecular flexibility index (Phi) is 2.82. The molecule has 1 atom stereocenters. The van der Waals surface area contributed by atoms with Crippen LogP contribution in [0.4, 0.5) is 0 Å². The minimum Gasteiger partial charge on any atom is -0.361 e. The number of carbonyl (C=O) groups is 1. The van der Waals surface area contributed by atoms with Crippen molar-refractivity contribution in [3.05, 3.63) is 36.0 Å². The van der Waals surface area contributed by atoms with Crippen LogP contribution in [0.2, 0.25) is 0 Å². The molecule has 1 fully saturated rings. The van der Waals surface area contributed by atoms with E-state index in [-0.39, 0.29) is 11.4 Å². The highest BCUT2D eigenvalue weighted by Crippen LogP contribution is 2.34. The third-order valence-corrected chi connectivity index (χ3v) is 3.88. The third kappa shape index (κ3) is 2.49. The molecule has 1 amide bonds. The van der Waals surface area contributed by atoms with Crippen molar-refractivity contribution in [2.24, 2.45) is 5.73 Å². The summed E-state index contributed by atoms with van der Waals surface area (Å²) in [4.78, 5) is 15.2. The van der Waals surface area contributed by atoms with Gasteiger partial charge in [0.2, 0.25) is 5.91 Å². The molecule has 0 spiro atoms. The summed E-state index contributed by atoms with van der Waals surface area (Å²) in [5.74, 6) is -0.0507. The lowest BCUT2D eigenvalue weighted by molar-refractivity contribution is -0.123. The Hall–Kier alpha value is -1.81. The molecule has 1 heterocycles. The molecule has 4 N–H and O–H groups in total. The van der Waals surface area contributed by atoms with Gasteiger partial charge >= 0.3 is 0 Å². The highest BCUT2D eigenvalue weighted by atomic mass is 16.2. The van der Waals surface area contributed by atoms with Gasteiger partial charge < -0.3 is 16.0 Å². The number of fused-ring (bicyclic) bond motifs is 1. The second kappa shape index (κ2) is 4.38. The van der Waals surface area contributed by atoms with Crippen molar-refractivity contribution in [3.8, 4) is 0 Å². The number of nitrogens with one attached hydrogen (secondary N) is 2. The number of hydrogen-bond acceptors (Lipinski definition) is 2. The number of nitrogens with two attached hydrogens (primary N) is 1. The fourth-order valence-corrected chi connectivity index (χ4v) is 2.33. The highest BCUT2D eigenvalue weighted by molar-refractivity contribution is 5.86. The number of rotatable bonds is 4. The normalized spacial score (nSPS) is 18.2. The molecular formula is C15H19N3O. The van der Waals surface area contributed by atoms with Crippen LogP contribution >= 0.6 is 0 Å². The van der Waals surface area contributed by atoms with E-state index >= 15 is 0 Å². The molecule has 3 rings (SSSR count). The summed E-state index contributed by atoms with van der Waals surface area (Å²) in [5, 5.41) is 4.16. The number of para-hydroxylation sites is 1. The van der Waals surface area contributed by atoms with Gasteiger partial charge in [0, 0.05) is 22.6 Å². The van der Waals surface area contributed by atoms with Crippen LogP contribution in [0.3, 0.4) is 0 Å². The van der Waals surface area contributed by atoms with E-state index < -0.39 is 6.04 Å². The fourth-order valence-electron chi connectivity index (χ4n) is 2.33. The van der Waals surface area contributed by atoms with E-state index in [1.807, 2.05) is 30.5 Å². The molecule has 4 nitrogen and oxygen atoms in total. The maximum Gasteiger partial charge on any atom is 0.237 e. The lowest BCUT2D eigenvalue weighted by atomic mass is 10.0. The van der Waals surface area contributed by atoms with Crippen LogP contribution in [0.1, 0.15) is 25.3 Å². The Labute approximate surface area is 112 Å². The summed E-state index contributed by atoms with van der Waals surface area (Å²) >= 11 is 0. The van der Waals surface area contributed by atoms with Crippen molar-refractivity contribution in [2.75, 3.05) is 0 Å². The Morgan fingerprint density at radius 2 is 2.21 bits per heavy atom. The zero-order valence-corrected chi connectivity index (χ0v) is 11.1. The molecule has 1 aromatic carbocycles. The molecule has 4 heteroatoms. The maximum absolute atomic E-state index is 12.0. The predicted octanol–water partition coefficient (Wildman–Crippen LogP) is 1.71. The number of hydrogen-bond donors (Lipinski definition) is 3. The molecule has 1 aliphatic carbocycles. The smallest absolute Gasteiger partial charge is 0.237 e. The Morgan fingerprint density at radius 1 is 1.47 bits per heavy atom. The summed E-state index contributed by atoms with van der Waals surface area (Å²) in [6.07, 6.45) is 4.61. The van der Waals surface area contributed by atoms with E-state index in [4.69, 9.17) is 5.73 Å². The van der Waals surface area contributed by atoms with Crippen LogP contribution < -0.4 is 11.1 Å². The van der Waals surface area contributed by atoms with Gasteiger partial charge in [-0.2, -0.15) is 0 Å². The van der Waals surface area contributed by atoms with E-state index in [9.17, 15) is 4.79 Å². The fraction of sp³-hybridized carbons (Fsp3) is 0.400. The third-order valence-electron chi connectivity index (χ3n) is 3.88. The zero-order chi connectivity index (χ0) is 13.5. The molecule has 0 radical (unpaired) electrons. The zero-order valence-electron chi connectivity index (χ0n) is 11.1. The molecule has 0 bridgehead atoms. The quantitative estimate of drug-likeness (QED) is 0.780. The first-order valence-electron chi connectivity index (χ1n) is 6.70. The number of carbonyl (C=O) groups excluding carboxylic acids is 1. The second-order valence-electron chi connectivity index (χ2n) is 5.72. The van der Waals surface area contributed by atoms with Crippen LogP contribution in [-0.4, -0.2) is 22.5 Å². The van der Waals surface area contributed by atoms with E-state index in [0.717, 1.165) is 29.3 Å². The Morgan fingerprint density at radius 3 is 2.95 bits per heavy atom. The average Bonchev–Trinajstić information content (AvgIpc) is 2.98. The predicted molar refractivity (Wildman–Crippen MR) is 75.8 cm³/mol. The highest BCUT2D eigenvalue weighted by Gasteiger charge is 2.39. The Balaban J connectivity index is 1.71. The topological polar surface area (TPSA) is 70.9 Å². The molecule has 1 aromatic heterocycles. The van der Waals surface area contributed by atoms with Crippen LogP contribution in [-0.2, 0) is 11.2 Å². The lowest BCUT2D eigenvalue weighted by Crippen LogP contribution is -2.46. The van der Waals surface area contributed by atoms with Gasteiger partial charge in [-0.25, -0.2) is 0 Å². The minimum absolute atomic E-state index is 0.00504. The molecule has 0 unspecified atom stereocenters. The first kappa shape index (κ1) is 12.2. The maximum atomic E-state index is 12.0. The number of H-pyrrole nitrogens is 1. The number of aromatic nitrogens is 1. The van der Waals surface area contributed by atoms with E-state index in [1.165, 1.54) is 0 Å². The number of aromatic amines is 1. The van der Waals surface area contributed by atoms with Crippen LogP contribution in [0.15, 0.2) is 30.5 Å². The molecule has 1 aliphatic rings. The summed E-state index contributed by atoms with van der Waals surface area (Å²) in [7, 11) is 0. The minimum atomic E-state index is -0.489. The van der Waals surface area contributed by atoms with Crippen LogP contribution in [0.5, 0.6) is 0 Å². The second-order valence-corrected chi connectivity index (χ2v) is 5.72. The molecule has 1 saturated carbocycles. The van der Waals surface area contributed by atoms with Gasteiger partial charge in [0.1, 0.15) is 0 Å². The van der Waals surface area contributed by atoms with Crippen LogP contribution in [0.25, 0.3) is 10.9 Å². The number of benzene rings is 1. The van der Waals surface area contributed by atoms with Gasteiger partial charge in [0.05, 0.1) is 6.04 Å². The van der Waals surface area contributed by atoms with Gasteiger partial charge in [-0.1, -0.05) is 18.2 Å². The first-order valence-corrected chi connectivity index (χ1v) is 6.70. The molecule has 0 saturated heterocycles. The molecule has 2 aromatic rings. The van der Waals surface area contributed by atoms with Gasteiger partial charge in [0.15, 0.2) is 0 Å². The van der Waals surface area contributed by atoms with Crippen molar-refractivity contribution < 1.29 is 4.79 Å². The standard InChI is InChI=1S/C15H19N3O/c1-15(6-7-15)18-14(19)12(16)8-10-9-17-13-5-3-2-4-11(10)13/h2-5,9,12,17H,6-8,16H2,1H3,(H,18,19)/t12-/m1/s1. The van der Waals surface area contributed by atoms with E-state index in [2.05, 4.69) is 17.2 Å². The molecule has 19 heavy (non-hydrogen) atoms. The van der Waals surface area contributed by atoms with Gasteiger partial charge in [0.25, 0.3) is 0 Å². The Bertz CT molecular complexity index is 613. The van der Waals surface area contributed by atoms with Crippen molar-refractivity contribution in [1.82, 2.24) is 10.3 Å². The summed E-state index contributed by atoms with van der Waals surface area (Å²) < 4.78 is 0. The summed E-state index contributed by atoms with van der Waals surface area (Å²) in [6.45, 7) is 2.06. The molecule has 100 valence electrons.